The van der Waals surface area contributed by atoms with Crippen molar-refractivity contribution in [2.24, 2.45) is 0 Å². The molecule has 0 radical (unpaired) electrons. The summed E-state index contributed by atoms with van der Waals surface area (Å²) in [6.07, 6.45) is 14.7. The fourth-order valence-electron chi connectivity index (χ4n) is 4.27. The van der Waals surface area contributed by atoms with Crippen molar-refractivity contribution in [1.82, 2.24) is 9.55 Å². The summed E-state index contributed by atoms with van der Waals surface area (Å²) < 4.78 is 2.16. The van der Waals surface area contributed by atoms with E-state index < -0.39 is 5.97 Å². The number of aromatic carboxylic acids is 1. The van der Waals surface area contributed by atoms with Crippen molar-refractivity contribution in [3.63, 3.8) is 0 Å². The molecule has 1 aromatic heterocycles. The molecule has 1 saturated carbocycles. The number of hydrogen-bond acceptors (Lipinski definition) is 2. The number of rotatable bonds is 6. The number of aromatic nitrogens is 2. The number of carbonyl (C=O) groups is 1. The second-order valence-electron chi connectivity index (χ2n) is 8.01. The number of hydrogen-bond donors (Lipinski definition) is 1. The van der Waals surface area contributed by atoms with Crippen LogP contribution < -0.4 is 0 Å². The van der Waals surface area contributed by atoms with Gasteiger partial charge in [0.05, 0.1) is 5.69 Å². The van der Waals surface area contributed by atoms with Gasteiger partial charge < -0.3 is 9.67 Å². The summed E-state index contributed by atoms with van der Waals surface area (Å²) in [5.74, 6) is -0.282. The van der Waals surface area contributed by atoms with E-state index in [1.54, 1.807) is 0 Å². The van der Waals surface area contributed by atoms with Crippen LogP contribution in [0.2, 0.25) is 0 Å². The van der Waals surface area contributed by atoms with Crippen molar-refractivity contribution >= 4 is 30.3 Å². The van der Waals surface area contributed by atoms with Crippen LogP contribution in [0.5, 0.6) is 0 Å². The summed E-state index contributed by atoms with van der Waals surface area (Å²) >= 11 is 0. The van der Waals surface area contributed by atoms with Gasteiger partial charge in [0.1, 0.15) is 5.82 Å². The van der Waals surface area contributed by atoms with Crippen molar-refractivity contribution < 1.29 is 9.90 Å². The molecule has 1 aliphatic carbocycles. The van der Waals surface area contributed by atoms with Gasteiger partial charge in [0, 0.05) is 6.04 Å². The number of imidazole rings is 1. The molecule has 0 unspecified atom stereocenters. The van der Waals surface area contributed by atoms with E-state index in [2.05, 4.69) is 9.55 Å². The standard InChI is InChI=1S/C27H28N2O2/c30-27(31)26-24(19-17-21-11-5-3-6-12-21)29(23-15-9-1-2-10-16-23)25(28-26)20-18-22-13-7-4-8-14-22/h3-8,11-14,17-20,23H,1-2,9-10,15-16H2,(H,30,31)/b19-17+,20-18+. The van der Waals surface area contributed by atoms with Crippen LogP contribution in [0.25, 0.3) is 24.3 Å². The Morgan fingerprint density at radius 1 is 0.806 bits per heavy atom. The Hall–Kier alpha value is -3.40. The Morgan fingerprint density at radius 3 is 1.90 bits per heavy atom. The van der Waals surface area contributed by atoms with Gasteiger partial charge in [-0.25, -0.2) is 9.78 Å². The fraction of sp³-hybridized carbons (Fsp3) is 0.259. The highest BCUT2D eigenvalue weighted by atomic mass is 16.4. The van der Waals surface area contributed by atoms with Gasteiger partial charge in [-0.05, 0) is 36.1 Å². The highest BCUT2D eigenvalue weighted by Crippen LogP contribution is 2.32. The van der Waals surface area contributed by atoms with Gasteiger partial charge >= 0.3 is 5.97 Å². The van der Waals surface area contributed by atoms with Crippen molar-refractivity contribution in [1.29, 1.82) is 0 Å². The monoisotopic (exact) mass is 412 g/mol. The van der Waals surface area contributed by atoms with Crippen LogP contribution in [0.4, 0.5) is 0 Å². The van der Waals surface area contributed by atoms with Crippen LogP contribution in [-0.4, -0.2) is 20.6 Å². The molecule has 4 nitrogen and oxygen atoms in total. The first-order valence-corrected chi connectivity index (χ1v) is 11.0. The van der Waals surface area contributed by atoms with Crippen LogP contribution >= 0.6 is 0 Å². The van der Waals surface area contributed by atoms with Crippen molar-refractivity contribution in [2.75, 3.05) is 0 Å². The highest BCUT2D eigenvalue weighted by Gasteiger charge is 2.25. The minimum absolute atomic E-state index is 0.115. The Bertz CT molecular complexity index is 1060. The summed E-state index contributed by atoms with van der Waals surface area (Å²) in [6.45, 7) is 0. The second-order valence-corrected chi connectivity index (χ2v) is 8.01. The molecular weight excluding hydrogens is 384 g/mol. The third-order valence-corrected chi connectivity index (χ3v) is 5.83. The molecule has 4 rings (SSSR count). The second kappa shape index (κ2) is 10.1. The van der Waals surface area contributed by atoms with Crippen LogP contribution in [0.3, 0.4) is 0 Å². The molecule has 31 heavy (non-hydrogen) atoms. The molecule has 0 spiro atoms. The first kappa shape index (κ1) is 20.9. The number of nitrogens with zero attached hydrogens (tertiary/aromatic N) is 2. The SMILES string of the molecule is O=C(O)c1nc(/C=C/c2ccccc2)n(C2CCCCCC2)c1/C=C/c1ccccc1. The Balaban J connectivity index is 1.80. The lowest BCUT2D eigenvalue weighted by Crippen LogP contribution is -2.12. The molecular formula is C27H28N2O2. The third kappa shape index (κ3) is 5.21. The lowest BCUT2D eigenvalue weighted by Gasteiger charge is -2.20. The number of benzene rings is 2. The van der Waals surface area contributed by atoms with E-state index in [1.807, 2.05) is 85.0 Å². The molecule has 1 N–H and O–H groups in total. The maximum atomic E-state index is 12.1. The molecule has 0 bridgehead atoms. The summed E-state index contributed by atoms with van der Waals surface area (Å²) in [5, 5.41) is 9.91. The molecule has 0 saturated heterocycles. The molecule has 0 aliphatic heterocycles. The molecule has 4 heteroatoms. The van der Waals surface area contributed by atoms with Gasteiger partial charge in [0.25, 0.3) is 0 Å². The predicted octanol–water partition coefficient (Wildman–Crippen LogP) is 6.82. The molecule has 1 aliphatic rings. The minimum Gasteiger partial charge on any atom is -0.476 e. The first-order valence-electron chi connectivity index (χ1n) is 11.0. The smallest absolute Gasteiger partial charge is 0.356 e. The van der Waals surface area contributed by atoms with E-state index in [-0.39, 0.29) is 11.7 Å². The van der Waals surface area contributed by atoms with E-state index in [0.717, 1.165) is 36.8 Å². The van der Waals surface area contributed by atoms with Crippen LogP contribution in [0.1, 0.15) is 77.7 Å². The number of carboxylic acids is 1. The molecule has 0 atom stereocenters. The van der Waals surface area contributed by atoms with E-state index in [9.17, 15) is 9.90 Å². The maximum absolute atomic E-state index is 12.1. The van der Waals surface area contributed by atoms with Crippen LogP contribution in [0.15, 0.2) is 60.7 Å². The lowest BCUT2D eigenvalue weighted by atomic mass is 10.1. The molecule has 3 aromatic rings. The molecule has 0 amide bonds. The van der Waals surface area contributed by atoms with Gasteiger partial charge in [0.15, 0.2) is 5.69 Å². The quantitative estimate of drug-likeness (QED) is 0.452. The Kier molecular flexibility index (Phi) is 6.78. The van der Waals surface area contributed by atoms with Crippen LogP contribution in [0, 0.1) is 0 Å². The normalized spacial score (nSPS) is 15.5. The van der Waals surface area contributed by atoms with Crippen molar-refractivity contribution in [3.05, 3.63) is 89.0 Å². The van der Waals surface area contributed by atoms with Gasteiger partial charge in [0.2, 0.25) is 0 Å². The zero-order valence-electron chi connectivity index (χ0n) is 17.7. The first-order chi connectivity index (χ1) is 15.2. The topological polar surface area (TPSA) is 55.1 Å². The zero-order valence-corrected chi connectivity index (χ0v) is 17.7. The summed E-state index contributed by atoms with van der Waals surface area (Å²) in [6, 6.07) is 20.3. The molecule has 1 fully saturated rings. The van der Waals surface area contributed by atoms with E-state index >= 15 is 0 Å². The highest BCUT2D eigenvalue weighted by molar-refractivity contribution is 5.91. The van der Waals surface area contributed by atoms with Gasteiger partial charge in [-0.1, -0.05) is 98.5 Å². The molecule has 158 valence electrons. The van der Waals surface area contributed by atoms with Gasteiger partial charge in [-0.2, -0.15) is 0 Å². The molecule has 2 aromatic carbocycles. The predicted molar refractivity (Wildman–Crippen MR) is 127 cm³/mol. The molecule has 1 heterocycles. The summed E-state index contributed by atoms with van der Waals surface area (Å²) in [5.41, 5.74) is 2.89. The Labute approximate surface area is 183 Å². The largest absolute Gasteiger partial charge is 0.476 e. The average Bonchev–Trinajstić information content (AvgIpc) is 2.96. The van der Waals surface area contributed by atoms with E-state index in [0.29, 0.717) is 11.5 Å². The summed E-state index contributed by atoms with van der Waals surface area (Å²) in [7, 11) is 0. The van der Waals surface area contributed by atoms with E-state index in [1.165, 1.54) is 12.8 Å². The van der Waals surface area contributed by atoms with Crippen LogP contribution in [-0.2, 0) is 0 Å². The fourth-order valence-corrected chi connectivity index (χ4v) is 4.27. The Morgan fingerprint density at radius 2 is 1.35 bits per heavy atom. The maximum Gasteiger partial charge on any atom is 0.356 e. The van der Waals surface area contributed by atoms with Gasteiger partial charge in [-0.3, -0.25) is 0 Å². The number of carboxylic acid groups (broad SMARTS) is 1. The minimum atomic E-state index is -0.991. The van der Waals surface area contributed by atoms with Gasteiger partial charge in [-0.15, -0.1) is 0 Å². The van der Waals surface area contributed by atoms with Crippen molar-refractivity contribution in [3.8, 4) is 0 Å². The lowest BCUT2D eigenvalue weighted by molar-refractivity contribution is 0.0690. The van der Waals surface area contributed by atoms with Crippen molar-refractivity contribution in [2.45, 2.75) is 44.6 Å². The third-order valence-electron chi connectivity index (χ3n) is 5.83. The zero-order chi connectivity index (χ0) is 21.5. The van der Waals surface area contributed by atoms with E-state index in [4.69, 9.17) is 0 Å². The summed E-state index contributed by atoms with van der Waals surface area (Å²) in [4.78, 5) is 16.7. The average molecular weight is 413 g/mol.